The maximum absolute atomic E-state index is 5.86. The Kier molecular flexibility index (Phi) is 6.33. The predicted octanol–water partition coefficient (Wildman–Crippen LogP) is 2.39. The van der Waals surface area contributed by atoms with Crippen molar-refractivity contribution < 1.29 is 9.47 Å². The molecule has 1 aromatic rings. The van der Waals surface area contributed by atoms with Gasteiger partial charge in [-0.05, 0) is 24.5 Å². The summed E-state index contributed by atoms with van der Waals surface area (Å²) in [5.41, 5.74) is 0. The van der Waals surface area contributed by atoms with Crippen molar-refractivity contribution in [2.75, 3.05) is 39.9 Å². The molecule has 1 heterocycles. The first kappa shape index (κ1) is 16.1. The Labute approximate surface area is 128 Å². The van der Waals surface area contributed by atoms with Gasteiger partial charge < -0.3 is 14.8 Å². The summed E-state index contributed by atoms with van der Waals surface area (Å²) in [5.74, 6) is 2.37. The van der Waals surface area contributed by atoms with Crippen LogP contribution in [0.25, 0.3) is 0 Å². The normalized spacial score (nSPS) is 19.7. The first-order chi connectivity index (χ1) is 10.2. The van der Waals surface area contributed by atoms with Crippen LogP contribution in [0.5, 0.6) is 11.5 Å². The number of nitrogens with one attached hydrogen (secondary N) is 1. The lowest BCUT2D eigenvalue weighted by Crippen LogP contribution is -2.51. The summed E-state index contributed by atoms with van der Waals surface area (Å²) in [4.78, 5) is 2.49. The second kappa shape index (κ2) is 8.25. The third-order valence-electron chi connectivity index (χ3n) is 3.83. The van der Waals surface area contributed by atoms with Gasteiger partial charge in [-0.15, -0.1) is 0 Å². The van der Waals surface area contributed by atoms with E-state index >= 15 is 0 Å². The Morgan fingerprint density at radius 3 is 2.76 bits per heavy atom. The highest BCUT2D eigenvalue weighted by molar-refractivity contribution is 5.39. The molecule has 1 atom stereocenters. The van der Waals surface area contributed by atoms with Crippen molar-refractivity contribution in [1.29, 1.82) is 0 Å². The molecule has 118 valence electrons. The zero-order chi connectivity index (χ0) is 15.1. The molecule has 1 N–H and O–H groups in total. The van der Waals surface area contributed by atoms with Crippen molar-refractivity contribution in [3.63, 3.8) is 0 Å². The van der Waals surface area contributed by atoms with Gasteiger partial charge in [0.25, 0.3) is 0 Å². The van der Waals surface area contributed by atoms with E-state index in [2.05, 4.69) is 24.1 Å². The molecule has 0 aliphatic carbocycles. The zero-order valence-corrected chi connectivity index (χ0v) is 13.5. The van der Waals surface area contributed by atoms with E-state index in [1.807, 2.05) is 24.3 Å². The summed E-state index contributed by atoms with van der Waals surface area (Å²) in [5, 5.41) is 3.60. The summed E-state index contributed by atoms with van der Waals surface area (Å²) < 4.78 is 11.2. The molecule has 0 saturated carbocycles. The minimum atomic E-state index is 0.616. The summed E-state index contributed by atoms with van der Waals surface area (Å²) in [7, 11) is 1.68. The number of hydrogen-bond acceptors (Lipinski definition) is 4. The second-order valence-electron chi connectivity index (χ2n) is 6.08. The quantitative estimate of drug-likeness (QED) is 0.837. The molecule has 4 heteroatoms. The Bertz CT molecular complexity index is 423. The lowest BCUT2D eigenvalue weighted by atomic mass is 10.0. The maximum Gasteiger partial charge on any atom is 0.161 e. The van der Waals surface area contributed by atoms with Gasteiger partial charge in [0, 0.05) is 32.2 Å². The lowest BCUT2D eigenvalue weighted by Gasteiger charge is -2.34. The van der Waals surface area contributed by atoms with Gasteiger partial charge in [-0.2, -0.15) is 0 Å². The van der Waals surface area contributed by atoms with E-state index in [0.29, 0.717) is 12.6 Å². The molecule has 1 aliphatic heterocycles. The molecule has 1 unspecified atom stereocenters. The van der Waals surface area contributed by atoms with E-state index in [0.717, 1.165) is 43.6 Å². The van der Waals surface area contributed by atoms with Crippen LogP contribution in [0.1, 0.15) is 20.3 Å². The van der Waals surface area contributed by atoms with Crippen molar-refractivity contribution in [3.8, 4) is 11.5 Å². The number of piperazine rings is 1. The fourth-order valence-corrected chi connectivity index (χ4v) is 2.85. The number of benzene rings is 1. The second-order valence-corrected chi connectivity index (χ2v) is 6.08. The van der Waals surface area contributed by atoms with E-state index < -0.39 is 0 Å². The summed E-state index contributed by atoms with van der Waals surface area (Å²) in [6.07, 6.45) is 1.24. The summed E-state index contributed by atoms with van der Waals surface area (Å²) in [6.45, 7) is 9.53. The minimum Gasteiger partial charge on any atom is -0.493 e. The zero-order valence-electron chi connectivity index (χ0n) is 13.5. The summed E-state index contributed by atoms with van der Waals surface area (Å²) >= 11 is 0. The van der Waals surface area contributed by atoms with Gasteiger partial charge in [-0.1, -0.05) is 26.0 Å². The third kappa shape index (κ3) is 5.21. The van der Waals surface area contributed by atoms with Crippen LogP contribution in [-0.4, -0.2) is 50.8 Å². The largest absolute Gasteiger partial charge is 0.493 e. The van der Waals surface area contributed by atoms with Crippen molar-refractivity contribution in [2.24, 2.45) is 5.92 Å². The molecular formula is C17H28N2O2. The number of methoxy groups -OCH3 is 1. The Morgan fingerprint density at radius 1 is 1.29 bits per heavy atom. The molecule has 0 amide bonds. The smallest absolute Gasteiger partial charge is 0.161 e. The van der Waals surface area contributed by atoms with E-state index in [1.165, 1.54) is 6.42 Å². The molecule has 0 radical (unpaired) electrons. The maximum atomic E-state index is 5.86. The molecule has 1 aliphatic rings. The van der Waals surface area contributed by atoms with E-state index in [4.69, 9.17) is 9.47 Å². The molecule has 0 bridgehead atoms. The van der Waals surface area contributed by atoms with Crippen LogP contribution >= 0.6 is 0 Å². The van der Waals surface area contributed by atoms with E-state index in [9.17, 15) is 0 Å². The van der Waals surface area contributed by atoms with Crippen molar-refractivity contribution in [3.05, 3.63) is 24.3 Å². The van der Waals surface area contributed by atoms with Gasteiger partial charge >= 0.3 is 0 Å². The fourth-order valence-electron chi connectivity index (χ4n) is 2.85. The van der Waals surface area contributed by atoms with Gasteiger partial charge in [0.05, 0.1) is 7.11 Å². The summed E-state index contributed by atoms with van der Waals surface area (Å²) in [6, 6.07) is 8.43. The van der Waals surface area contributed by atoms with Crippen molar-refractivity contribution in [1.82, 2.24) is 10.2 Å². The van der Waals surface area contributed by atoms with Crippen LogP contribution in [0.2, 0.25) is 0 Å². The van der Waals surface area contributed by atoms with Crippen LogP contribution in [-0.2, 0) is 0 Å². The Balaban J connectivity index is 1.75. The highest BCUT2D eigenvalue weighted by Gasteiger charge is 2.19. The first-order valence-corrected chi connectivity index (χ1v) is 7.90. The van der Waals surface area contributed by atoms with E-state index in [-0.39, 0.29) is 0 Å². The number of hydrogen-bond donors (Lipinski definition) is 1. The van der Waals surface area contributed by atoms with Gasteiger partial charge in [0.15, 0.2) is 11.5 Å². The molecule has 2 rings (SSSR count). The molecule has 1 aromatic carbocycles. The Hall–Kier alpha value is -1.26. The first-order valence-electron chi connectivity index (χ1n) is 7.90. The lowest BCUT2D eigenvalue weighted by molar-refractivity contribution is 0.155. The number of ether oxygens (including phenoxy) is 2. The molecule has 1 fully saturated rings. The van der Waals surface area contributed by atoms with Gasteiger partial charge in [0.2, 0.25) is 0 Å². The average molecular weight is 292 g/mol. The van der Waals surface area contributed by atoms with Crippen LogP contribution in [0, 0.1) is 5.92 Å². The molecule has 1 saturated heterocycles. The van der Waals surface area contributed by atoms with Gasteiger partial charge in [0.1, 0.15) is 6.61 Å². The molecule has 0 spiro atoms. The van der Waals surface area contributed by atoms with Crippen LogP contribution < -0.4 is 14.8 Å². The Morgan fingerprint density at radius 2 is 2.05 bits per heavy atom. The van der Waals surface area contributed by atoms with Crippen LogP contribution in [0.15, 0.2) is 24.3 Å². The number of para-hydroxylation sites is 2. The van der Waals surface area contributed by atoms with Gasteiger partial charge in [-0.3, -0.25) is 4.90 Å². The number of nitrogens with zero attached hydrogens (tertiary/aromatic N) is 1. The molecule has 21 heavy (non-hydrogen) atoms. The highest BCUT2D eigenvalue weighted by atomic mass is 16.5. The monoisotopic (exact) mass is 292 g/mol. The van der Waals surface area contributed by atoms with Crippen LogP contribution in [0.3, 0.4) is 0 Å². The fraction of sp³-hybridized carbons (Fsp3) is 0.647. The van der Waals surface area contributed by atoms with Crippen molar-refractivity contribution in [2.45, 2.75) is 26.3 Å². The van der Waals surface area contributed by atoms with Crippen LogP contribution in [0.4, 0.5) is 0 Å². The standard InChI is InChI=1S/C17H28N2O2/c1-14(2)12-15-13-19(9-8-18-15)10-11-21-17-7-5-4-6-16(17)20-3/h4-7,14-15,18H,8-13H2,1-3H3. The molecular weight excluding hydrogens is 264 g/mol. The van der Waals surface area contributed by atoms with E-state index in [1.54, 1.807) is 7.11 Å². The average Bonchev–Trinajstić information content (AvgIpc) is 2.47. The minimum absolute atomic E-state index is 0.616. The van der Waals surface area contributed by atoms with Crippen molar-refractivity contribution >= 4 is 0 Å². The third-order valence-corrected chi connectivity index (χ3v) is 3.83. The topological polar surface area (TPSA) is 33.7 Å². The predicted molar refractivity (Wildman–Crippen MR) is 86.2 cm³/mol. The number of rotatable bonds is 7. The molecule has 4 nitrogen and oxygen atoms in total. The molecule has 0 aromatic heterocycles. The SMILES string of the molecule is COc1ccccc1OCCN1CCNC(CC(C)C)C1. The highest BCUT2D eigenvalue weighted by Crippen LogP contribution is 2.25. The van der Waals surface area contributed by atoms with Gasteiger partial charge in [-0.25, -0.2) is 0 Å².